The Morgan fingerprint density at radius 3 is 2.89 bits per heavy atom. The molecule has 0 aliphatic heterocycles. The van der Waals surface area contributed by atoms with Gasteiger partial charge in [-0.05, 0) is 23.9 Å². The maximum Gasteiger partial charge on any atom is 0.311 e. The zero-order valence-corrected chi connectivity index (χ0v) is 11.7. The summed E-state index contributed by atoms with van der Waals surface area (Å²) in [5.41, 5.74) is -0.0700. The number of thiophene rings is 1. The molecule has 100 valence electrons. The molecule has 1 N–H and O–H groups in total. The first-order valence-corrected chi connectivity index (χ1v) is 6.98. The van der Waals surface area contributed by atoms with E-state index in [1.54, 1.807) is 11.3 Å². The lowest BCUT2D eigenvalue weighted by atomic mass is 10.2. The van der Waals surface area contributed by atoms with Crippen LogP contribution in [-0.4, -0.2) is 9.91 Å². The Morgan fingerprint density at radius 1 is 1.53 bits per heavy atom. The van der Waals surface area contributed by atoms with E-state index in [2.05, 4.69) is 10.3 Å². The molecule has 0 aliphatic rings. The number of nitro groups is 1. The van der Waals surface area contributed by atoms with Crippen LogP contribution in [0.2, 0.25) is 5.15 Å². The molecule has 0 aromatic carbocycles. The molecule has 19 heavy (non-hydrogen) atoms. The summed E-state index contributed by atoms with van der Waals surface area (Å²) < 4.78 is 0. The first-order chi connectivity index (χ1) is 9.11. The summed E-state index contributed by atoms with van der Waals surface area (Å²) in [4.78, 5) is 15.6. The van der Waals surface area contributed by atoms with Gasteiger partial charge >= 0.3 is 5.69 Å². The van der Waals surface area contributed by atoms with Gasteiger partial charge in [-0.25, -0.2) is 4.98 Å². The topological polar surface area (TPSA) is 68.1 Å². The molecule has 0 amide bonds. The summed E-state index contributed by atoms with van der Waals surface area (Å²) in [6, 6.07) is 6.70. The molecule has 0 bridgehead atoms. The van der Waals surface area contributed by atoms with Crippen molar-refractivity contribution >= 4 is 34.4 Å². The number of hydrogen-bond acceptors (Lipinski definition) is 5. The lowest BCUT2D eigenvalue weighted by molar-refractivity contribution is -0.384. The van der Waals surface area contributed by atoms with Crippen LogP contribution < -0.4 is 5.32 Å². The largest absolute Gasteiger partial charge is 0.357 e. The van der Waals surface area contributed by atoms with Crippen LogP contribution in [0.5, 0.6) is 0 Å². The molecule has 1 atom stereocenters. The minimum Gasteiger partial charge on any atom is -0.357 e. The Morgan fingerprint density at radius 2 is 2.32 bits per heavy atom. The van der Waals surface area contributed by atoms with Gasteiger partial charge in [0.25, 0.3) is 0 Å². The summed E-state index contributed by atoms with van der Waals surface area (Å²) in [5, 5.41) is 16.3. The van der Waals surface area contributed by atoms with Gasteiger partial charge in [-0.3, -0.25) is 10.1 Å². The SMILES string of the molecule is CCC(Nc1nc(Cl)ccc1[N+](=O)[O-])c1cccs1. The predicted octanol–water partition coefficient (Wildman–Crippen LogP) is 4.27. The summed E-state index contributed by atoms with van der Waals surface area (Å²) in [6.07, 6.45) is 0.797. The normalized spacial score (nSPS) is 12.1. The zero-order valence-electron chi connectivity index (χ0n) is 10.2. The first-order valence-electron chi connectivity index (χ1n) is 5.72. The highest BCUT2D eigenvalue weighted by atomic mass is 35.5. The molecule has 1 unspecified atom stereocenters. The quantitative estimate of drug-likeness (QED) is 0.508. The van der Waals surface area contributed by atoms with Gasteiger partial charge in [0.1, 0.15) is 5.15 Å². The molecule has 0 spiro atoms. The maximum atomic E-state index is 11.0. The lowest BCUT2D eigenvalue weighted by Crippen LogP contribution is -2.11. The van der Waals surface area contributed by atoms with Crippen molar-refractivity contribution in [3.8, 4) is 0 Å². The van der Waals surface area contributed by atoms with Crippen LogP contribution in [0.1, 0.15) is 24.3 Å². The monoisotopic (exact) mass is 297 g/mol. The minimum atomic E-state index is -0.465. The number of halogens is 1. The molecular weight excluding hydrogens is 286 g/mol. The maximum absolute atomic E-state index is 11.0. The van der Waals surface area contributed by atoms with Gasteiger partial charge in [-0.1, -0.05) is 24.6 Å². The number of nitrogens with one attached hydrogen (secondary N) is 1. The third-order valence-corrected chi connectivity index (χ3v) is 3.84. The van der Waals surface area contributed by atoms with Crippen molar-refractivity contribution in [2.24, 2.45) is 0 Å². The Balaban J connectivity index is 2.31. The van der Waals surface area contributed by atoms with Crippen LogP contribution in [-0.2, 0) is 0 Å². The second kappa shape index (κ2) is 5.99. The van der Waals surface area contributed by atoms with Gasteiger partial charge in [0.05, 0.1) is 11.0 Å². The molecule has 2 rings (SSSR count). The van der Waals surface area contributed by atoms with Gasteiger partial charge in [-0.15, -0.1) is 11.3 Å². The molecule has 0 radical (unpaired) electrons. The summed E-state index contributed by atoms with van der Waals surface area (Å²) >= 11 is 7.40. The van der Waals surface area contributed by atoms with E-state index >= 15 is 0 Å². The number of aromatic nitrogens is 1. The fourth-order valence-electron chi connectivity index (χ4n) is 1.71. The van der Waals surface area contributed by atoms with Crippen LogP contribution in [0.25, 0.3) is 0 Å². The van der Waals surface area contributed by atoms with Gasteiger partial charge in [0.2, 0.25) is 5.82 Å². The third kappa shape index (κ3) is 3.21. The van der Waals surface area contributed by atoms with Crippen molar-refractivity contribution in [1.29, 1.82) is 0 Å². The average Bonchev–Trinajstić information content (AvgIpc) is 2.89. The molecule has 2 aromatic rings. The smallest absolute Gasteiger partial charge is 0.311 e. The van der Waals surface area contributed by atoms with Crippen LogP contribution in [0.4, 0.5) is 11.5 Å². The fourth-order valence-corrected chi connectivity index (χ4v) is 2.72. The Hall–Kier alpha value is -1.66. The number of anilines is 1. The molecule has 0 fully saturated rings. The average molecular weight is 298 g/mol. The Kier molecular flexibility index (Phi) is 4.34. The number of hydrogen-bond donors (Lipinski definition) is 1. The standard InChI is InChI=1S/C12H12ClN3O2S/c1-2-8(10-4-3-7-19-10)14-12-9(16(17)18)5-6-11(13)15-12/h3-8H,2H2,1H3,(H,14,15). The summed E-state index contributed by atoms with van der Waals surface area (Å²) in [6.45, 7) is 2.01. The molecule has 0 saturated heterocycles. The van der Waals surface area contributed by atoms with Crippen molar-refractivity contribution in [3.05, 3.63) is 49.8 Å². The summed E-state index contributed by atoms with van der Waals surface area (Å²) in [7, 11) is 0. The van der Waals surface area contributed by atoms with Crippen LogP contribution in [0, 0.1) is 10.1 Å². The van der Waals surface area contributed by atoms with Gasteiger partial charge in [0.15, 0.2) is 0 Å². The number of rotatable bonds is 5. The molecular formula is C12H12ClN3O2S. The van der Waals surface area contributed by atoms with Gasteiger partial charge < -0.3 is 5.32 Å². The minimum absolute atomic E-state index is 0.00957. The van der Waals surface area contributed by atoms with E-state index < -0.39 is 4.92 Å². The fraction of sp³-hybridized carbons (Fsp3) is 0.250. The second-order valence-corrected chi connectivity index (χ2v) is 5.25. The number of nitrogens with zero attached hydrogens (tertiary/aromatic N) is 2. The van der Waals surface area contributed by atoms with E-state index in [1.165, 1.54) is 12.1 Å². The van der Waals surface area contributed by atoms with Crippen LogP contribution in [0.15, 0.2) is 29.6 Å². The highest BCUT2D eigenvalue weighted by molar-refractivity contribution is 7.10. The second-order valence-electron chi connectivity index (χ2n) is 3.88. The molecule has 0 saturated carbocycles. The summed E-state index contributed by atoms with van der Waals surface area (Å²) in [5.74, 6) is 0.206. The number of pyridine rings is 1. The van der Waals surface area contributed by atoms with Crippen LogP contribution in [0.3, 0.4) is 0 Å². The van der Waals surface area contributed by atoms with E-state index in [-0.39, 0.29) is 22.7 Å². The van der Waals surface area contributed by atoms with Crippen LogP contribution >= 0.6 is 22.9 Å². The third-order valence-electron chi connectivity index (χ3n) is 2.64. The molecule has 2 aromatic heterocycles. The predicted molar refractivity (Wildman–Crippen MR) is 76.9 cm³/mol. The van der Waals surface area contributed by atoms with E-state index in [1.807, 2.05) is 24.4 Å². The highest BCUT2D eigenvalue weighted by Gasteiger charge is 2.19. The highest BCUT2D eigenvalue weighted by Crippen LogP contribution is 2.30. The van der Waals surface area contributed by atoms with Crippen molar-refractivity contribution in [1.82, 2.24) is 4.98 Å². The van der Waals surface area contributed by atoms with Gasteiger partial charge in [-0.2, -0.15) is 0 Å². The first kappa shape index (κ1) is 13.8. The Labute approximate surface area is 119 Å². The lowest BCUT2D eigenvalue weighted by Gasteiger charge is -2.16. The van der Waals surface area contributed by atoms with E-state index in [0.29, 0.717) is 0 Å². The zero-order chi connectivity index (χ0) is 13.8. The van der Waals surface area contributed by atoms with E-state index in [0.717, 1.165) is 11.3 Å². The molecule has 0 aliphatic carbocycles. The van der Waals surface area contributed by atoms with E-state index in [4.69, 9.17) is 11.6 Å². The Bertz CT molecular complexity index is 574. The van der Waals surface area contributed by atoms with Crippen molar-refractivity contribution in [2.75, 3.05) is 5.32 Å². The van der Waals surface area contributed by atoms with E-state index in [9.17, 15) is 10.1 Å². The molecule has 5 nitrogen and oxygen atoms in total. The molecule has 2 heterocycles. The van der Waals surface area contributed by atoms with Crippen molar-refractivity contribution < 1.29 is 4.92 Å². The van der Waals surface area contributed by atoms with Crippen molar-refractivity contribution in [2.45, 2.75) is 19.4 Å². The molecule has 7 heteroatoms. The van der Waals surface area contributed by atoms with Crippen molar-refractivity contribution in [3.63, 3.8) is 0 Å². The van der Waals surface area contributed by atoms with Gasteiger partial charge in [0, 0.05) is 10.9 Å².